The molecule has 2 N–H and O–H groups in total. The predicted octanol–water partition coefficient (Wildman–Crippen LogP) is 3.09. The first kappa shape index (κ1) is 21.8. The number of benzene rings is 2. The van der Waals surface area contributed by atoms with E-state index in [1.165, 1.54) is 0 Å². The van der Waals surface area contributed by atoms with Crippen LogP contribution in [0.2, 0.25) is 0 Å². The number of hydrogen-bond donors (Lipinski definition) is 2. The molecule has 0 saturated carbocycles. The Morgan fingerprint density at radius 1 is 1.10 bits per heavy atom. The quantitative estimate of drug-likeness (QED) is 0.700. The second-order valence-electron chi connectivity index (χ2n) is 7.94. The molecule has 1 heterocycles. The fourth-order valence-electron chi connectivity index (χ4n) is 3.99. The highest BCUT2D eigenvalue weighted by Gasteiger charge is 2.38. The lowest BCUT2D eigenvalue weighted by Gasteiger charge is -2.42. The minimum Gasteiger partial charge on any atom is -0.508 e. The van der Waals surface area contributed by atoms with Crippen LogP contribution in [0.5, 0.6) is 5.75 Å². The first-order valence-corrected chi connectivity index (χ1v) is 11.6. The summed E-state index contributed by atoms with van der Waals surface area (Å²) in [6.45, 7) is 4.94. The fraction of sp³-hybridized carbons (Fsp3) is 0.455. The molecular formula is C22H29NO5S. The molecule has 3 rings (SSSR count). The van der Waals surface area contributed by atoms with Crippen LogP contribution in [0.3, 0.4) is 0 Å². The zero-order valence-corrected chi connectivity index (χ0v) is 17.9. The fourth-order valence-corrected chi connectivity index (χ4v) is 4.64. The number of piperidine rings is 1. The van der Waals surface area contributed by atoms with Gasteiger partial charge in [-0.2, -0.15) is 8.42 Å². The van der Waals surface area contributed by atoms with Gasteiger partial charge in [0.15, 0.2) is 0 Å². The van der Waals surface area contributed by atoms with Crippen molar-refractivity contribution in [3.8, 4) is 5.75 Å². The Balaban J connectivity index is 1.80. The van der Waals surface area contributed by atoms with E-state index in [0.29, 0.717) is 37.1 Å². The third-order valence-electron chi connectivity index (χ3n) is 5.78. The average molecular weight is 420 g/mol. The zero-order chi connectivity index (χ0) is 21.2. The molecule has 2 unspecified atom stereocenters. The lowest BCUT2D eigenvalue weighted by Crippen LogP contribution is -2.48. The molecule has 0 aromatic heterocycles. The third-order valence-corrected chi connectivity index (χ3v) is 6.34. The standard InChI is InChI=1S/C22H29NO5S/c1-16-15-18(9-10-20(16)24)21(28-29(3,26)27)17(2)23-13-11-22(25,12-14-23)19-7-5-4-6-8-19/h4-10,15,17,21,24-25H,11-14H2,1-3H3. The normalized spacial score (nSPS) is 19.6. The lowest BCUT2D eigenvalue weighted by atomic mass is 9.83. The molecule has 158 valence electrons. The van der Waals surface area contributed by atoms with Crippen molar-refractivity contribution >= 4 is 10.1 Å². The summed E-state index contributed by atoms with van der Waals surface area (Å²) in [6, 6.07) is 14.4. The summed E-state index contributed by atoms with van der Waals surface area (Å²) in [6.07, 6.45) is 1.46. The van der Waals surface area contributed by atoms with Crippen molar-refractivity contribution in [1.29, 1.82) is 0 Å². The Kier molecular flexibility index (Phi) is 6.33. The van der Waals surface area contributed by atoms with Gasteiger partial charge in [-0.05, 0) is 55.5 Å². The van der Waals surface area contributed by atoms with Gasteiger partial charge in [-0.25, -0.2) is 0 Å². The molecule has 0 radical (unpaired) electrons. The largest absolute Gasteiger partial charge is 0.508 e. The number of aliphatic hydroxyl groups is 1. The number of phenols is 1. The van der Waals surface area contributed by atoms with E-state index in [2.05, 4.69) is 4.90 Å². The third kappa shape index (κ3) is 5.17. The van der Waals surface area contributed by atoms with E-state index in [0.717, 1.165) is 11.8 Å². The van der Waals surface area contributed by atoms with Gasteiger partial charge in [-0.1, -0.05) is 36.4 Å². The van der Waals surface area contributed by atoms with Crippen molar-refractivity contribution in [1.82, 2.24) is 4.90 Å². The van der Waals surface area contributed by atoms with Gasteiger partial charge >= 0.3 is 0 Å². The van der Waals surface area contributed by atoms with Crippen molar-refractivity contribution < 1.29 is 22.8 Å². The van der Waals surface area contributed by atoms with Gasteiger partial charge < -0.3 is 10.2 Å². The molecule has 1 fully saturated rings. The van der Waals surface area contributed by atoms with Crippen molar-refractivity contribution in [3.05, 3.63) is 65.2 Å². The maximum Gasteiger partial charge on any atom is 0.265 e. The van der Waals surface area contributed by atoms with Gasteiger partial charge in [0, 0.05) is 19.1 Å². The molecule has 6 nitrogen and oxygen atoms in total. The average Bonchev–Trinajstić information content (AvgIpc) is 2.68. The minimum atomic E-state index is -3.68. The van der Waals surface area contributed by atoms with Crippen LogP contribution >= 0.6 is 0 Å². The van der Waals surface area contributed by atoms with Gasteiger partial charge in [-0.3, -0.25) is 9.08 Å². The van der Waals surface area contributed by atoms with Crippen LogP contribution in [0.1, 0.15) is 42.6 Å². The summed E-state index contributed by atoms with van der Waals surface area (Å²) < 4.78 is 29.3. The van der Waals surface area contributed by atoms with Crippen molar-refractivity contribution in [2.45, 2.75) is 44.4 Å². The molecule has 29 heavy (non-hydrogen) atoms. The number of aromatic hydroxyl groups is 1. The summed E-state index contributed by atoms with van der Waals surface area (Å²) in [5.74, 6) is 0.158. The van der Waals surface area contributed by atoms with Gasteiger partial charge in [0.2, 0.25) is 0 Å². The van der Waals surface area contributed by atoms with E-state index in [9.17, 15) is 18.6 Å². The topological polar surface area (TPSA) is 87.1 Å². The Labute approximate surface area is 172 Å². The first-order valence-electron chi connectivity index (χ1n) is 9.79. The van der Waals surface area contributed by atoms with E-state index >= 15 is 0 Å². The predicted molar refractivity (Wildman–Crippen MR) is 112 cm³/mol. The van der Waals surface area contributed by atoms with Crippen molar-refractivity contribution in [2.75, 3.05) is 19.3 Å². The maximum absolute atomic E-state index is 11.9. The van der Waals surface area contributed by atoms with Crippen LogP contribution in [0, 0.1) is 6.92 Å². The molecule has 2 aromatic rings. The number of nitrogens with zero attached hydrogens (tertiary/aromatic N) is 1. The van der Waals surface area contributed by atoms with Crippen LogP contribution in [0.4, 0.5) is 0 Å². The van der Waals surface area contributed by atoms with Gasteiger partial charge in [-0.15, -0.1) is 0 Å². The van der Waals surface area contributed by atoms with E-state index in [1.54, 1.807) is 25.1 Å². The smallest absolute Gasteiger partial charge is 0.265 e. The summed E-state index contributed by atoms with van der Waals surface area (Å²) in [5, 5.41) is 20.9. The second kappa shape index (κ2) is 8.44. The molecule has 0 spiro atoms. The second-order valence-corrected chi connectivity index (χ2v) is 9.54. The summed E-state index contributed by atoms with van der Waals surface area (Å²) in [7, 11) is -3.68. The lowest BCUT2D eigenvalue weighted by molar-refractivity contribution is -0.0465. The van der Waals surface area contributed by atoms with Gasteiger partial charge in [0.05, 0.1) is 11.9 Å². The summed E-state index contributed by atoms with van der Waals surface area (Å²) in [4.78, 5) is 2.15. The van der Waals surface area contributed by atoms with Gasteiger partial charge in [0.25, 0.3) is 10.1 Å². The maximum atomic E-state index is 11.9. The van der Waals surface area contributed by atoms with E-state index in [4.69, 9.17) is 4.18 Å². The molecule has 1 aliphatic heterocycles. The molecular weight excluding hydrogens is 390 g/mol. The molecule has 7 heteroatoms. The van der Waals surface area contributed by atoms with Gasteiger partial charge in [0.1, 0.15) is 11.9 Å². The Morgan fingerprint density at radius 3 is 2.28 bits per heavy atom. The molecule has 1 saturated heterocycles. The van der Waals surface area contributed by atoms with Crippen LogP contribution in [-0.2, 0) is 19.9 Å². The molecule has 0 aliphatic carbocycles. The minimum absolute atomic E-state index is 0.158. The number of aryl methyl sites for hydroxylation is 1. The summed E-state index contributed by atoms with van der Waals surface area (Å²) >= 11 is 0. The Morgan fingerprint density at radius 2 is 1.72 bits per heavy atom. The van der Waals surface area contributed by atoms with Crippen LogP contribution in [0.15, 0.2) is 48.5 Å². The van der Waals surface area contributed by atoms with Crippen LogP contribution in [0.25, 0.3) is 0 Å². The highest BCUT2D eigenvalue weighted by Crippen LogP contribution is 2.36. The van der Waals surface area contributed by atoms with Crippen molar-refractivity contribution in [3.63, 3.8) is 0 Å². The van der Waals surface area contributed by atoms with Crippen molar-refractivity contribution in [2.24, 2.45) is 0 Å². The molecule has 0 bridgehead atoms. The highest BCUT2D eigenvalue weighted by atomic mass is 32.2. The van der Waals surface area contributed by atoms with Crippen LogP contribution in [-0.4, -0.2) is 48.9 Å². The first-order chi connectivity index (χ1) is 13.6. The molecule has 1 aliphatic rings. The molecule has 0 amide bonds. The van der Waals surface area contributed by atoms with E-state index in [-0.39, 0.29) is 11.8 Å². The number of hydrogen-bond acceptors (Lipinski definition) is 6. The zero-order valence-electron chi connectivity index (χ0n) is 17.1. The highest BCUT2D eigenvalue weighted by molar-refractivity contribution is 7.86. The molecule has 2 aromatic carbocycles. The Bertz CT molecular complexity index is 937. The van der Waals surface area contributed by atoms with E-state index < -0.39 is 21.8 Å². The monoisotopic (exact) mass is 419 g/mol. The SMILES string of the molecule is Cc1cc(C(OS(C)(=O)=O)C(C)N2CCC(O)(c3ccccc3)CC2)ccc1O. The number of phenolic OH excluding ortho intramolecular Hbond substituents is 1. The molecule has 2 atom stereocenters. The number of rotatable bonds is 6. The number of likely N-dealkylation sites (tertiary alicyclic amines) is 1. The summed E-state index contributed by atoms with van der Waals surface area (Å²) in [5.41, 5.74) is 1.39. The van der Waals surface area contributed by atoms with Crippen LogP contribution < -0.4 is 0 Å². The van der Waals surface area contributed by atoms with E-state index in [1.807, 2.05) is 37.3 Å². The Hall–Kier alpha value is -1.93.